The fraction of sp³-hybridized carbons (Fsp3) is 0.0769. The summed E-state index contributed by atoms with van der Waals surface area (Å²) >= 11 is 3.29. The summed E-state index contributed by atoms with van der Waals surface area (Å²) in [4.78, 5) is 0.0866. The summed E-state index contributed by atoms with van der Waals surface area (Å²) in [5, 5.41) is 0. The molecule has 2 aromatic rings. The van der Waals surface area contributed by atoms with E-state index in [9.17, 15) is 8.42 Å². The highest BCUT2D eigenvalue weighted by Gasteiger charge is 2.16. The maximum Gasteiger partial charge on any atom is 0.262 e. The van der Waals surface area contributed by atoms with Crippen LogP contribution >= 0.6 is 15.9 Å². The van der Waals surface area contributed by atoms with E-state index in [4.69, 9.17) is 10.5 Å². The summed E-state index contributed by atoms with van der Waals surface area (Å²) in [7, 11) is -2.25. The van der Waals surface area contributed by atoms with Crippen LogP contribution in [-0.4, -0.2) is 15.5 Å². The van der Waals surface area contributed by atoms with E-state index in [0.29, 0.717) is 17.1 Å². The molecule has 0 aliphatic heterocycles. The molecule has 2 aromatic carbocycles. The van der Waals surface area contributed by atoms with Gasteiger partial charge in [0.2, 0.25) is 0 Å². The maximum absolute atomic E-state index is 12.3. The number of sulfonamides is 1. The van der Waals surface area contributed by atoms with Crippen LogP contribution in [0, 0.1) is 0 Å². The van der Waals surface area contributed by atoms with Crippen LogP contribution in [0.3, 0.4) is 0 Å². The molecule has 2 rings (SSSR count). The summed E-state index contributed by atoms with van der Waals surface area (Å²) in [5.41, 5.74) is 6.52. The van der Waals surface area contributed by atoms with E-state index in [1.807, 2.05) is 6.07 Å². The highest BCUT2D eigenvalue weighted by molar-refractivity contribution is 9.10. The van der Waals surface area contributed by atoms with Crippen LogP contribution in [0.5, 0.6) is 5.75 Å². The van der Waals surface area contributed by atoms with Crippen molar-refractivity contribution in [2.75, 3.05) is 17.6 Å². The predicted molar refractivity (Wildman–Crippen MR) is 82.4 cm³/mol. The fourth-order valence-electron chi connectivity index (χ4n) is 1.62. The molecule has 0 spiro atoms. The molecule has 0 aliphatic rings. The molecule has 20 heavy (non-hydrogen) atoms. The molecule has 0 bridgehead atoms. The van der Waals surface area contributed by atoms with Gasteiger partial charge in [-0.3, -0.25) is 4.72 Å². The average Bonchev–Trinajstić information content (AvgIpc) is 2.38. The van der Waals surface area contributed by atoms with Gasteiger partial charge in [0.25, 0.3) is 10.0 Å². The predicted octanol–water partition coefficient (Wildman–Crippen LogP) is 2.84. The molecule has 0 aliphatic carbocycles. The van der Waals surface area contributed by atoms with Crippen molar-refractivity contribution >= 4 is 37.3 Å². The number of hydrogen-bond acceptors (Lipinski definition) is 4. The Kier molecular flexibility index (Phi) is 4.20. The maximum atomic E-state index is 12.3. The Labute approximate surface area is 125 Å². The van der Waals surface area contributed by atoms with Gasteiger partial charge >= 0.3 is 0 Å². The third-order valence-corrected chi connectivity index (χ3v) is 4.46. The molecule has 0 radical (unpaired) electrons. The quantitative estimate of drug-likeness (QED) is 0.825. The van der Waals surface area contributed by atoms with E-state index < -0.39 is 10.0 Å². The van der Waals surface area contributed by atoms with Gasteiger partial charge in [-0.2, -0.15) is 0 Å². The normalized spacial score (nSPS) is 11.1. The Morgan fingerprint density at radius 3 is 2.60 bits per heavy atom. The average molecular weight is 357 g/mol. The van der Waals surface area contributed by atoms with Crippen LogP contribution in [0.4, 0.5) is 11.4 Å². The lowest BCUT2D eigenvalue weighted by molar-refractivity contribution is 0.415. The first-order chi connectivity index (χ1) is 9.42. The van der Waals surface area contributed by atoms with Gasteiger partial charge in [-0.15, -0.1) is 0 Å². The Morgan fingerprint density at radius 2 is 1.95 bits per heavy atom. The molecule has 0 fully saturated rings. The minimum atomic E-state index is -3.69. The zero-order chi connectivity index (χ0) is 14.8. The molecular weight excluding hydrogens is 344 g/mol. The first-order valence-electron chi connectivity index (χ1n) is 5.64. The molecule has 0 aromatic heterocycles. The lowest BCUT2D eigenvalue weighted by Crippen LogP contribution is -2.13. The van der Waals surface area contributed by atoms with Crippen LogP contribution in [0.2, 0.25) is 0 Å². The summed E-state index contributed by atoms with van der Waals surface area (Å²) in [6.45, 7) is 0. The van der Waals surface area contributed by atoms with Gasteiger partial charge in [0.05, 0.1) is 17.7 Å². The number of anilines is 2. The lowest BCUT2D eigenvalue weighted by atomic mass is 10.3. The van der Waals surface area contributed by atoms with E-state index >= 15 is 0 Å². The highest BCUT2D eigenvalue weighted by Crippen LogP contribution is 2.26. The van der Waals surface area contributed by atoms with E-state index in [1.54, 1.807) is 18.2 Å². The van der Waals surface area contributed by atoms with Crippen molar-refractivity contribution in [1.29, 1.82) is 0 Å². The number of methoxy groups -OCH3 is 1. The highest BCUT2D eigenvalue weighted by atomic mass is 79.9. The summed E-state index contributed by atoms with van der Waals surface area (Å²) in [6, 6.07) is 11.2. The first kappa shape index (κ1) is 14.7. The number of halogens is 1. The van der Waals surface area contributed by atoms with Gasteiger partial charge < -0.3 is 10.5 Å². The number of nitrogens with two attached hydrogens (primary N) is 1. The zero-order valence-electron chi connectivity index (χ0n) is 10.6. The minimum Gasteiger partial charge on any atom is -0.495 e. The number of nitrogen functional groups attached to an aromatic ring is 1. The van der Waals surface area contributed by atoms with Crippen molar-refractivity contribution in [3.8, 4) is 5.75 Å². The van der Waals surface area contributed by atoms with E-state index in [0.717, 1.165) is 4.47 Å². The topological polar surface area (TPSA) is 81.4 Å². The van der Waals surface area contributed by atoms with Crippen molar-refractivity contribution < 1.29 is 13.2 Å². The van der Waals surface area contributed by atoms with Gasteiger partial charge in [-0.1, -0.05) is 22.0 Å². The number of hydrogen-bond donors (Lipinski definition) is 2. The van der Waals surface area contributed by atoms with Crippen LogP contribution in [0.25, 0.3) is 0 Å². The second-order valence-electron chi connectivity index (χ2n) is 4.02. The molecule has 0 saturated heterocycles. The van der Waals surface area contributed by atoms with E-state index in [1.165, 1.54) is 25.3 Å². The summed E-state index contributed by atoms with van der Waals surface area (Å²) < 4.78 is 32.8. The Bertz CT molecular complexity index is 732. The molecule has 106 valence electrons. The molecular formula is C13H13BrN2O3S. The Balaban J connectivity index is 2.35. The number of nitrogens with one attached hydrogen (secondary N) is 1. The molecule has 0 atom stereocenters. The second-order valence-corrected chi connectivity index (χ2v) is 6.62. The monoisotopic (exact) mass is 356 g/mol. The molecule has 5 nitrogen and oxygen atoms in total. The van der Waals surface area contributed by atoms with Crippen LogP contribution < -0.4 is 15.2 Å². The lowest BCUT2D eigenvalue weighted by Gasteiger charge is -2.10. The SMILES string of the molecule is COc1cc(S(=O)(=O)Nc2cccc(Br)c2)ccc1N. The van der Waals surface area contributed by atoms with Crippen molar-refractivity contribution in [2.24, 2.45) is 0 Å². The Hall–Kier alpha value is -1.73. The third kappa shape index (κ3) is 3.23. The van der Waals surface area contributed by atoms with Crippen molar-refractivity contribution in [3.05, 3.63) is 46.9 Å². The third-order valence-electron chi connectivity index (χ3n) is 2.59. The minimum absolute atomic E-state index is 0.0866. The molecule has 0 unspecified atom stereocenters. The smallest absolute Gasteiger partial charge is 0.262 e. The number of benzene rings is 2. The van der Waals surface area contributed by atoms with Crippen LogP contribution in [0.1, 0.15) is 0 Å². The van der Waals surface area contributed by atoms with Gasteiger partial charge in [0.15, 0.2) is 0 Å². The van der Waals surface area contributed by atoms with Crippen molar-refractivity contribution in [2.45, 2.75) is 4.90 Å². The Morgan fingerprint density at radius 1 is 1.20 bits per heavy atom. The van der Waals surface area contributed by atoms with E-state index in [2.05, 4.69) is 20.7 Å². The second kappa shape index (κ2) is 5.72. The molecule has 7 heteroatoms. The largest absolute Gasteiger partial charge is 0.495 e. The van der Waals surface area contributed by atoms with Crippen LogP contribution in [0.15, 0.2) is 51.8 Å². The van der Waals surface area contributed by atoms with Gasteiger partial charge in [-0.05, 0) is 30.3 Å². The zero-order valence-corrected chi connectivity index (χ0v) is 13.0. The molecule has 0 amide bonds. The van der Waals surface area contributed by atoms with E-state index in [-0.39, 0.29) is 4.90 Å². The number of ether oxygens (including phenoxy) is 1. The van der Waals surface area contributed by atoms with Crippen molar-refractivity contribution in [3.63, 3.8) is 0 Å². The van der Waals surface area contributed by atoms with Gasteiger partial charge in [0.1, 0.15) is 5.75 Å². The number of rotatable bonds is 4. The first-order valence-corrected chi connectivity index (χ1v) is 7.92. The summed E-state index contributed by atoms with van der Waals surface area (Å²) in [5.74, 6) is 0.321. The van der Waals surface area contributed by atoms with Gasteiger partial charge in [0, 0.05) is 16.2 Å². The summed E-state index contributed by atoms with van der Waals surface area (Å²) in [6.07, 6.45) is 0. The molecule has 0 saturated carbocycles. The van der Waals surface area contributed by atoms with Crippen LogP contribution in [-0.2, 0) is 10.0 Å². The molecule has 3 N–H and O–H groups in total. The fourth-order valence-corrected chi connectivity index (χ4v) is 3.09. The standard InChI is InChI=1S/C13H13BrN2O3S/c1-19-13-8-11(5-6-12(13)15)20(17,18)16-10-4-2-3-9(14)7-10/h2-8,16H,15H2,1H3. The van der Waals surface area contributed by atoms with Crippen molar-refractivity contribution in [1.82, 2.24) is 0 Å². The molecule has 0 heterocycles. The van der Waals surface area contributed by atoms with Gasteiger partial charge in [-0.25, -0.2) is 8.42 Å².